The summed E-state index contributed by atoms with van der Waals surface area (Å²) >= 11 is 1.51. The fourth-order valence-corrected chi connectivity index (χ4v) is 2.09. The van der Waals surface area contributed by atoms with Crippen molar-refractivity contribution in [1.82, 2.24) is 0 Å². The molecule has 17 heavy (non-hydrogen) atoms. The monoisotopic (exact) mass is 254 g/mol. The summed E-state index contributed by atoms with van der Waals surface area (Å²) in [5.41, 5.74) is 6.92. The molecule has 1 aromatic rings. The fourth-order valence-electron chi connectivity index (χ4n) is 1.20. The van der Waals surface area contributed by atoms with Crippen LogP contribution in [-0.4, -0.2) is 29.1 Å². The van der Waals surface area contributed by atoms with Crippen molar-refractivity contribution in [2.75, 3.05) is 29.2 Å². The van der Waals surface area contributed by atoms with Gasteiger partial charge in [0, 0.05) is 6.61 Å². The van der Waals surface area contributed by atoms with Crippen molar-refractivity contribution >= 4 is 29.0 Å². The Morgan fingerprint density at radius 1 is 1.53 bits per heavy atom. The molecule has 0 saturated carbocycles. The maximum Gasteiger partial charge on any atom is 0.234 e. The van der Waals surface area contributed by atoms with E-state index in [1.165, 1.54) is 11.8 Å². The molecule has 1 atom stereocenters. The molecule has 0 radical (unpaired) electrons. The summed E-state index contributed by atoms with van der Waals surface area (Å²) in [6.07, 6.45) is 0. The van der Waals surface area contributed by atoms with Gasteiger partial charge in [0.05, 0.1) is 17.1 Å². The lowest BCUT2D eigenvalue weighted by molar-refractivity contribution is -0.113. The zero-order chi connectivity index (χ0) is 12.7. The Bertz CT molecular complexity index is 371. The van der Waals surface area contributed by atoms with Crippen LogP contribution in [0, 0.1) is 5.92 Å². The number of hydrogen-bond donors (Lipinski definition) is 3. The molecule has 94 valence electrons. The molecule has 0 heterocycles. The Hall–Kier alpha value is -1.20. The second-order valence-electron chi connectivity index (χ2n) is 3.94. The number of carbonyl (C=O) groups is 1. The second-order valence-corrected chi connectivity index (χ2v) is 4.97. The standard InChI is InChI=1S/C12H18N2O2S/c1-9(6-15)7-17-8-12(16)14-11-5-3-2-4-10(11)13/h2-5,9,15H,6-8,13H2,1H3,(H,14,16). The molecule has 1 aromatic carbocycles. The van der Waals surface area contributed by atoms with Gasteiger partial charge in [-0.1, -0.05) is 19.1 Å². The smallest absolute Gasteiger partial charge is 0.234 e. The van der Waals surface area contributed by atoms with Crippen molar-refractivity contribution < 1.29 is 9.90 Å². The number of hydrogen-bond acceptors (Lipinski definition) is 4. The summed E-state index contributed by atoms with van der Waals surface area (Å²) in [5.74, 6) is 1.29. The molecule has 0 aliphatic carbocycles. The average Bonchev–Trinajstić information content (AvgIpc) is 2.32. The Balaban J connectivity index is 2.33. The van der Waals surface area contributed by atoms with Gasteiger partial charge in [0.25, 0.3) is 0 Å². The van der Waals surface area contributed by atoms with Gasteiger partial charge in [0.1, 0.15) is 0 Å². The number of rotatable bonds is 6. The lowest BCUT2D eigenvalue weighted by atomic mass is 10.2. The van der Waals surface area contributed by atoms with Gasteiger partial charge in [0.15, 0.2) is 0 Å². The summed E-state index contributed by atoms with van der Waals surface area (Å²) < 4.78 is 0. The number of anilines is 2. The highest BCUT2D eigenvalue weighted by Crippen LogP contribution is 2.17. The van der Waals surface area contributed by atoms with E-state index in [4.69, 9.17) is 10.8 Å². The molecular formula is C12H18N2O2S. The molecule has 5 heteroatoms. The third-order valence-corrected chi connectivity index (χ3v) is 3.45. The lowest BCUT2D eigenvalue weighted by Gasteiger charge is -2.09. The Morgan fingerprint density at radius 3 is 2.88 bits per heavy atom. The van der Waals surface area contributed by atoms with E-state index in [1.54, 1.807) is 12.1 Å². The fraction of sp³-hybridized carbons (Fsp3) is 0.417. The lowest BCUT2D eigenvalue weighted by Crippen LogP contribution is -2.16. The number of aliphatic hydroxyl groups is 1. The number of nitrogens with one attached hydrogen (secondary N) is 1. The van der Waals surface area contributed by atoms with E-state index >= 15 is 0 Å². The second kappa shape index (κ2) is 7.19. The predicted molar refractivity (Wildman–Crippen MR) is 73.1 cm³/mol. The molecule has 1 amide bonds. The van der Waals surface area contributed by atoms with E-state index in [9.17, 15) is 4.79 Å². The number of para-hydroxylation sites is 2. The van der Waals surface area contributed by atoms with Crippen LogP contribution in [0.15, 0.2) is 24.3 Å². The van der Waals surface area contributed by atoms with Crippen LogP contribution in [0.1, 0.15) is 6.92 Å². The summed E-state index contributed by atoms with van der Waals surface area (Å²) in [6, 6.07) is 7.17. The predicted octanol–water partition coefficient (Wildman–Crippen LogP) is 1.57. The molecule has 0 bridgehead atoms. The highest BCUT2D eigenvalue weighted by Gasteiger charge is 2.06. The van der Waals surface area contributed by atoms with Crippen LogP contribution in [0.4, 0.5) is 11.4 Å². The van der Waals surface area contributed by atoms with Crippen molar-refractivity contribution in [3.8, 4) is 0 Å². The first kappa shape index (κ1) is 13.9. The largest absolute Gasteiger partial charge is 0.397 e. The van der Waals surface area contributed by atoms with Gasteiger partial charge in [-0.05, 0) is 23.8 Å². The third kappa shape index (κ3) is 5.10. The first-order valence-electron chi connectivity index (χ1n) is 5.46. The molecule has 0 saturated heterocycles. The minimum absolute atomic E-state index is 0.0713. The summed E-state index contributed by atoms with van der Waals surface area (Å²) in [5, 5.41) is 11.6. The van der Waals surface area contributed by atoms with Crippen molar-refractivity contribution in [2.45, 2.75) is 6.92 Å². The highest BCUT2D eigenvalue weighted by molar-refractivity contribution is 7.99. The number of aliphatic hydroxyl groups excluding tert-OH is 1. The summed E-state index contributed by atoms with van der Waals surface area (Å²) in [7, 11) is 0. The van der Waals surface area contributed by atoms with Crippen molar-refractivity contribution in [3.05, 3.63) is 24.3 Å². The van der Waals surface area contributed by atoms with Crippen LogP contribution in [0.5, 0.6) is 0 Å². The quantitative estimate of drug-likeness (QED) is 0.674. The zero-order valence-electron chi connectivity index (χ0n) is 9.85. The van der Waals surface area contributed by atoms with Gasteiger partial charge >= 0.3 is 0 Å². The number of thioether (sulfide) groups is 1. The maximum atomic E-state index is 11.6. The number of nitrogen functional groups attached to an aromatic ring is 1. The van der Waals surface area contributed by atoms with Gasteiger partial charge in [-0.15, -0.1) is 0 Å². The molecule has 0 spiro atoms. The normalized spacial score (nSPS) is 12.1. The van der Waals surface area contributed by atoms with Crippen LogP contribution in [0.3, 0.4) is 0 Å². The molecule has 1 unspecified atom stereocenters. The van der Waals surface area contributed by atoms with Crippen molar-refractivity contribution in [3.63, 3.8) is 0 Å². The molecule has 1 rings (SSSR count). The van der Waals surface area contributed by atoms with Gasteiger partial charge in [-0.25, -0.2) is 0 Å². The number of carbonyl (C=O) groups excluding carboxylic acids is 1. The Kier molecular flexibility index (Phi) is 5.86. The van der Waals surface area contributed by atoms with Crippen LogP contribution >= 0.6 is 11.8 Å². The third-order valence-electron chi connectivity index (χ3n) is 2.18. The molecule has 0 fully saturated rings. The molecule has 0 aliphatic rings. The molecule has 4 N–H and O–H groups in total. The zero-order valence-corrected chi connectivity index (χ0v) is 10.7. The summed E-state index contributed by atoms with van der Waals surface area (Å²) in [6.45, 7) is 2.10. The molecule has 0 aliphatic heterocycles. The Labute approximate surface area is 106 Å². The van der Waals surface area contributed by atoms with Crippen molar-refractivity contribution in [2.24, 2.45) is 5.92 Å². The van der Waals surface area contributed by atoms with Crippen LogP contribution in [-0.2, 0) is 4.79 Å². The maximum absolute atomic E-state index is 11.6. The number of benzene rings is 1. The average molecular weight is 254 g/mol. The molecular weight excluding hydrogens is 236 g/mol. The molecule has 4 nitrogen and oxygen atoms in total. The highest BCUT2D eigenvalue weighted by atomic mass is 32.2. The van der Waals surface area contributed by atoms with Crippen LogP contribution < -0.4 is 11.1 Å². The SMILES string of the molecule is CC(CO)CSCC(=O)Nc1ccccc1N. The minimum Gasteiger partial charge on any atom is -0.397 e. The van der Waals surface area contributed by atoms with E-state index in [1.807, 2.05) is 19.1 Å². The van der Waals surface area contributed by atoms with Crippen molar-refractivity contribution in [1.29, 1.82) is 0 Å². The number of amides is 1. The van der Waals surface area contributed by atoms with Gasteiger partial charge in [-0.2, -0.15) is 11.8 Å². The number of nitrogens with two attached hydrogens (primary N) is 1. The van der Waals surface area contributed by atoms with E-state index in [-0.39, 0.29) is 18.4 Å². The van der Waals surface area contributed by atoms with Crippen LogP contribution in [0.25, 0.3) is 0 Å². The molecule has 0 aromatic heterocycles. The van der Waals surface area contributed by atoms with Gasteiger partial charge in [-0.3, -0.25) is 4.79 Å². The van der Waals surface area contributed by atoms with Gasteiger partial charge < -0.3 is 16.2 Å². The first-order valence-corrected chi connectivity index (χ1v) is 6.62. The van der Waals surface area contributed by atoms with Crippen LogP contribution in [0.2, 0.25) is 0 Å². The van der Waals surface area contributed by atoms with Gasteiger partial charge in [0.2, 0.25) is 5.91 Å². The van der Waals surface area contributed by atoms with E-state index in [2.05, 4.69) is 5.32 Å². The topological polar surface area (TPSA) is 75.3 Å². The van der Waals surface area contributed by atoms with E-state index in [0.717, 1.165) is 5.75 Å². The summed E-state index contributed by atoms with van der Waals surface area (Å²) in [4.78, 5) is 11.6. The van der Waals surface area contributed by atoms with E-state index in [0.29, 0.717) is 17.1 Å². The minimum atomic E-state index is -0.0713. The first-order chi connectivity index (χ1) is 8.13. The Morgan fingerprint density at radius 2 is 2.24 bits per heavy atom. The van der Waals surface area contributed by atoms with E-state index < -0.39 is 0 Å².